The highest BCUT2D eigenvalue weighted by Gasteiger charge is 2.26. The Kier molecular flexibility index (Phi) is 5.97. The molecule has 0 aliphatic carbocycles. The Morgan fingerprint density at radius 2 is 1.41 bits per heavy atom. The van der Waals surface area contributed by atoms with Crippen molar-refractivity contribution in [2.45, 2.75) is 12.5 Å². The first-order valence-electron chi connectivity index (χ1n) is 11.5. The van der Waals surface area contributed by atoms with E-state index in [1.807, 2.05) is 11.3 Å². The van der Waals surface area contributed by atoms with Crippen molar-refractivity contribution in [3.63, 3.8) is 0 Å². The standard InChI is InChI=1S/C30H24NOPS/c1-3-12-24(13-4-1)33(25-14-5-2-6-15-25)28-17-9-8-16-27(28)30-31-23(21-32-30)20-26-19-22-11-7-10-18-29(22)34-26/h1-19,23H,20-21H2/t23-/m0/s1. The molecule has 0 bridgehead atoms. The molecule has 4 heteroatoms. The van der Waals surface area contributed by atoms with E-state index in [1.54, 1.807) is 0 Å². The van der Waals surface area contributed by atoms with Crippen LogP contribution in [0.2, 0.25) is 0 Å². The van der Waals surface area contributed by atoms with Gasteiger partial charge in [-0.1, -0.05) is 97.1 Å². The van der Waals surface area contributed by atoms with Crippen molar-refractivity contribution in [1.82, 2.24) is 0 Å². The van der Waals surface area contributed by atoms with E-state index in [4.69, 9.17) is 9.73 Å². The summed E-state index contributed by atoms with van der Waals surface area (Å²) >= 11 is 1.86. The van der Waals surface area contributed by atoms with E-state index >= 15 is 0 Å². The number of thiophene rings is 1. The van der Waals surface area contributed by atoms with Gasteiger partial charge < -0.3 is 4.74 Å². The lowest BCUT2D eigenvalue weighted by Crippen LogP contribution is -2.25. The number of fused-ring (bicyclic) bond motifs is 1. The van der Waals surface area contributed by atoms with Gasteiger partial charge in [-0.3, -0.25) is 0 Å². The van der Waals surface area contributed by atoms with Gasteiger partial charge in [-0.2, -0.15) is 0 Å². The first-order chi connectivity index (χ1) is 16.8. The zero-order valence-electron chi connectivity index (χ0n) is 18.7. The highest BCUT2D eigenvalue weighted by molar-refractivity contribution is 7.80. The molecule has 4 aromatic carbocycles. The van der Waals surface area contributed by atoms with Crippen LogP contribution in [-0.2, 0) is 11.2 Å². The van der Waals surface area contributed by atoms with Crippen LogP contribution in [0.25, 0.3) is 10.1 Å². The lowest BCUT2D eigenvalue weighted by atomic mass is 10.2. The van der Waals surface area contributed by atoms with Gasteiger partial charge in [0.2, 0.25) is 5.90 Å². The fraction of sp³-hybridized carbons (Fsp3) is 0.100. The zero-order chi connectivity index (χ0) is 22.7. The maximum atomic E-state index is 6.23. The third kappa shape index (κ3) is 4.30. The summed E-state index contributed by atoms with van der Waals surface area (Å²) in [6, 6.07) is 41.2. The average molecular weight is 478 g/mol. The minimum atomic E-state index is -0.718. The lowest BCUT2D eigenvalue weighted by Gasteiger charge is -2.22. The molecule has 1 aliphatic heterocycles. The molecule has 0 N–H and O–H groups in total. The van der Waals surface area contributed by atoms with Crippen LogP contribution in [0.1, 0.15) is 10.4 Å². The summed E-state index contributed by atoms with van der Waals surface area (Å²) in [4.78, 5) is 6.43. The van der Waals surface area contributed by atoms with Crippen LogP contribution in [0.15, 0.2) is 120 Å². The summed E-state index contributed by atoms with van der Waals surface area (Å²) in [6.45, 7) is 0.631. The van der Waals surface area contributed by atoms with E-state index in [9.17, 15) is 0 Å². The van der Waals surface area contributed by atoms with Crippen molar-refractivity contribution in [1.29, 1.82) is 0 Å². The van der Waals surface area contributed by atoms with Crippen molar-refractivity contribution < 1.29 is 4.74 Å². The predicted molar refractivity (Wildman–Crippen MR) is 147 cm³/mol. The molecule has 6 rings (SSSR count). The maximum Gasteiger partial charge on any atom is 0.217 e. The molecule has 34 heavy (non-hydrogen) atoms. The molecule has 5 aromatic rings. The predicted octanol–water partition coefficient (Wildman–Crippen LogP) is 6.05. The molecule has 0 saturated carbocycles. The molecule has 1 atom stereocenters. The number of hydrogen-bond acceptors (Lipinski definition) is 3. The molecule has 1 aromatic heterocycles. The van der Waals surface area contributed by atoms with E-state index in [0.29, 0.717) is 6.61 Å². The Morgan fingerprint density at radius 1 is 0.765 bits per heavy atom. The number of hydrogen-bond donors (Lipinski definition) is 0. The highest BCUT2D eigenvalue weighted by atomic mass is 32.1. The van der Waals surface area contributed by atoms with Crippen molar-refractivity contribution in [3.05, 3.63) is 126 Å². The highest BCUT2D eigenvalue weighted by Crippen LogP contribution is 2.35. The molecular weight excluding hydrogens is 453 g/mol. The van der Waals surface area contributed by atoms with E-state index in [2.05, 4.69) is 115 Å². The van der Waals surface area contributed by atoms with Gasteiger partial charge >= 0.3 is 0 Å². The van der Waals surface area contributed by atoms with Crippen molar-refractivity contribution in [3.8, 4) is 0 Å². The van der Waals surface area contributed by atoms with Crippen LogP contribution in [-0.4, -0.2) is 18.5 Å². The molecule has 2 nitrogen and oxygen atoms in total. The van der Waals surface area contributed by atoms with Gasteiger partial charge in [0.05, 0.1) is 6.04 Å². The third-order valence-electron chi connectivity index (χ3n) is 6.03. The summed E-state index contributed by atoms with van der Waals surface area (Å²) in [7, 11) is -0.718. The molecule has 0 unspecified atom stereocenters. The van der Waals surface area contributed by atoms with Crippen LogP contribution < -0.4 is 15.9 Å². The molecule has 0 radical (unpaired) electrons. The topological polar surface area (TPSA) is 21.6 Å². The fourth-order valence-electron chi connectivity index (χ4n) is 4.47. The largest absolute Gasteiger partial charge is 0.475 e. The Morgan fingerprint density at radius 3 is 2.15 bits per heavy atom. The average Bonchev–Trinajstić information content (AvgIpc) is 3.53. The Hall–Kier alpha value is -3.26. The van der Waals surface area contributed by atoms with E-state index in [-0.39, 0.29) is 6.04 Å². The number of rotatable bonds is 6. The third-order valence-corrected chi connectivity index (χ3v) is 9.67. The minimum Gasteiger partial charge on any atom is -0.475 e. The summed E-state index contributed by atoms with van der Waals surface area (Å²) in [6.07, 6.45) is 0.914. The van der Waals surface area contributed by atoms with Crippen LogP contribution in [0.4, 0.5) is 0 Å². The zero-order valence-corrected chi connectivity index (χ0v) is 20.4. The fourth-order valence-corrected chi connectivity index (χ4v) is 8.04. The molecule has 1 aliphatic rings. The second-order valence-corrected chi connectivity index (χ2v) is 11.7. The summed E-state index contributed by atoms with van der Waals surface area (Å²) in [5, 5.41) is 5.26. The van der Waals surface area contributed by atoms with Crippen molar-refractivity contribution in [2.24, 2.45) is 4.99 Å². The van der Waals surface area contributed by atoms with E-state index in [1.165, 1.54) is 30.9 Å². The maximum absolute atomic E-state index is 6.23. The molecule has 0 amide bonds. The summed E-state index contributed by atoms with van der Waals surface area (Å²) in [5.74, 6) is 0.779. The molecule has 0 fully saturated rings. The van der Waals surface area contributed by atoms with Crippen LogP contribution in [0, 0.1) is 0 Å². The molecule has 166 valence electrons. The van der Waals surface area contributed by atoms with Crippen molar-refractivity contribution >= 4 is 51.2 Å². The van der Waals surface area contributed by atoms with E-state index < -0.39 is 7.92 Å². The summed E-state index contributed by atoms with van der Waals surface area (Å²) in [5.41, 5.74) is 1.11. The monoisotopic (exact) mass is 477 g/mol. The smallest absolute Gasteiger partial charge is 0.217 e. The first-order valence-corrected chi connectivity index (χ1v) is 13.7. The molecule has 0 spiro atoms. The normalized spacial score (nSPS) is 15.4. The quantitative estimate of drug-likeness (QED) is 0.273. The Labute approximate surface area is 205 Å². The number of ether oxygens (including phenoxy) is 1. The van der Waals surface area contributed by atoms with Crippen LogP contribution in [0.3, 0.4) is 0 Å². The van der Waals surface area contributed by atoms with Gasteiger partial charge in [-0.05, 0) is 47.4 Å². The Balaban J connectivity index is 1.35. The van der Waals surface area contributed by atoms with Crippen LogP contribution >= 0.6 is 19.3 Å². The van der Waals surface area contributed by atoms with Crippen molar-refractivity contribution in [2.75, 3.05) is 6.61 Å². The molecular formula is C30H24NOPS. The first kappa shape index (κ1) is 21.3. The summed E-state index contributed by atoms with van der Waals surface area (Å²) < 4.78 is 7.56. The minimum absolute atomic E-state index is 0.149. The second kappa shape index (κ2) is 9.54. The SMILES string of the molecule is c1ccc(P(c2ccccc2)c2ccccc2C2=N[C@@H](Cc3cc4ccccc4s3)CO2)cc1. The second-order valence-electron chi connectivity index (χ2n) is 8.38. The van der Waals surface area contributed by atoms with Gasteiger partial charge in [0, 0.05) is 21.6 Å². The van der Waals surface area contributed by atoms with Gasteiger partial charge in [0.25, 0.3) is 0 Å². The number of benzene rings is 4. The van der Waals surface area contributed by atoms with Gasteiger partial charge in [0.1, 0.15) is 6.61 Å². The van der Waals surface area contributed by atoms with Gasteiger partial charge in [0.15, 0.2) is 0 Å². The van der Waals surface area contributed by atoms with Gasteiger partial charge in [-0.25, -0.2) is 4.99 Å². The lowest BCUT2D eigenvalue weighted by molar-refractivity contribution is 0.317. The molecule has 2 heterocycles. The number of nitrogens with zero attached hydrogens (tertiary/aromatic N) is 1. The number of aliphatic imine (C=N–C) groups is 1. The Bertz CT molecular complexity index is 1370. The van der Waals surface area contributed by atoms with E-state index in [0.717, 1.165) is 17.9 Å². The molecule has 0 saturated heterocycles. The van der Waals surface area contributed by atoms with Gasteiger partial charge in [-0.15, -0.1) is 11.3 Å². The van der Waals surface area contributed by atoms with Crippen LogP contribution in [0.5, 0.6) is 0 Å².